The van der Waals surface area contributed by atoms with Crippen molar-refractivity contribution in [3.05, 3.63) is 45.8 Å². The normalized spacial score (nSPS) is 25.8. The molecule has 0 radical (unpaired) electrons. The molecule has 0 spiro atoms. The van der Waals surface area contributed by atoms with Gasteiger partial charge in [0.25, 0.3) is 23.7 Å². The van der Waals surface area contributed by atoms with Gasteiger partial charge in [0.15, 0.2) is 0 Å². The minimum atomic E-state index is -2.91. The van der Waals surface area contributed by atoms with Crippen LogP contribution in [0.4, 0.5) is 29.2 Å². The molecule has 0 bridgehead atoms. The Morgan fingerprint density at radius 2 is 1.10 bits per heavy atom. The zero-order valence-electron chi connectivity index (χ0n) is 30.6. The Balaban J connectivity index is 0.000000162. The van der Waals surface area contributed by atoms with Crippen molar-refractivity contribution in [1.29, 1.82) is 0 Å². The highest BCUT2D eigenvalue weighted by Crippen LogP contribution is 2.47. The summed E-state index contributed by atoms with van der Waals surface area (Å²) in [5.74, 6) is -4.95. The first-order valence-electron chi connectivity index (χ1n) is 18.7. The van der Waals surface area contributed by atoms with Gasteiger partial charge in [-0.25, -0.2) is 27.5 Å². The van der Waals surface area contributed by atoms with Gasteiger partial charge in [0.2, 0.25) is 0 Å². The van der Waals surface area contributed by atoms with Crippen LogP contribution in [0.15, 0.2) is 12.1 Å². The van der Waals surface area contributed by atoms with Gasteiger partial charge in [-0.2, -0.15) is 0 Å². The van der Waals surface area contributed by atoms with E-state index in [1.54, 1.807) is 21.9 Å². The molecule has 2 aromatic rings. The van der Waals surface area contributed by atoms with Crippen LogP contribution in [0.25, 0.3) is 0 Å². The number of aromatic nitrogens is 2. The molecule has 2 amide bonds. The van der Waals surface area contributed by atoms with Gasteiger partial charge in [0.05, 0.1) is 61.9 Å². The largest absolute Gasteiger partial charge is 0.371 e. The van der Waals surface area contributed by atoms with E-state index in [1.807, 2.05) is 13.8 Å². The van der Waals surface area contributed by atoms with E-state index in [0.29, 0.717) is 86.4 Å². The Bertz CT molecular complexity index is 1590. The third-order valence-electron chi connectivity index (χ3n) is 11.5. The number of alkyl halides is 4. The van der Waals surface area contributed by atoms with Crippen LogP contribution in [-0.2, 0) is 35.4 Å². The molecule has 0 unspecified atom stereocenters. The van der Waals surface area contributed by atoms with Crippen molar-refractivity contribution in [2.75, 3.05) is 49.2 Å². The number of fused-ring (bicyclic) bond motifs is 2. The quantitative estimate of drug-likeness (QED) is 0.294. The zero-order chi connectivity index (χ0) is 37.1. The molecular formula is C38H50F4N6O4. The van der Waals surface area contributed by atoms with Gasteiger partial charge in [-0.15, -0.1) is 0 Å². The fourth-order valence-electron chi connectivity index (χ4n) is 7.34. The van der Waals surface area contributed by atoms with E-state index in [1.165, 1.54) is 0 Å². The first-order chi connectivity index (χ1) is 24.6. The average molecular weight is 731 g/mol. The highest BCUT2D eigenvalue weighted by molar-refractivity contribution is 5.98. The summed E-state index contributed by atoms with van der Waals surface area (Å²) in [5.41, 5.74) is 4.29. The smallest absolute Gasteiger partial charge is 0.290 e. The number of carbonyl (C=O) groups is 2. The number of hydrogen-bond donors (Lipinski definition) is 2. The summed E-state index contributed by atoms with van der Waals surface area (Å²) in [5, 5.41) is 5.48. The fourth-order valence-corrected chi connectivity index (χ4v) is 7.34. The molecule has 14 heteroatoms. The van der Waals surface area contributed by atoms with Crippen molar-refractivity contribution in [2.45, 2.75) is 116 Å². The number of halogens is 4. The molecule has 4 aliphatic heterocycles. The Kier molecular flexibility index (Phi) is 9.71. The topological polar surface area (TPSA) is 109 Å². The van der Waals surface area contributed by atoms with E-state index >= 15 is 0 Å². The predicted octanol–water partition coefficient (Wildman–Crippen LogP) is 5.84. The van der Waals surface area contributed by atoms with Crippen LogP contribution in [-0.4, -0.2) is 85.2 Å². The second-order valence-corrected chi connectivity index (χ2v) is 16.2. The summed E-state index contributed by atoms with van der Waals surface area (Å²) < 4.78 is 70.0. The maximum atomic E-state index is 14.7. The monoisotopic (exact) mass is 730 g/mol. The maximum absolute atomic E-state index is 14.7. The summed E-state index contributed by atoms with van der Waals surface area (Å²) in [7, 11) is 0. The molecule has 10 nitrogen and oxygen atoms in total. The molecule has 2 saturated heterocycles. The van der Waals surface area contributed by atoms with Crippen molar-refractivity contribution in [3.63, 3.8) is 0 Å². The molecule has 2 saturated carbocycles. The van der Waals surface area contributed by atoms with Crippen LogP contribution < -0.4 is 20.4 Å². The number of anilines is 2. The summed E-state index contributed by atoms with van der Waals surface area (Å²) in [6, 6.07) is 3.60. The summed E-state index contributed by atoms with van der Waals surface area (Å²) in [6.07, 6.45) is 4.02. The molecule has 0 aromatic carbocycles. The number of carbonyl (C=O) groups excluding carboxylic acids is 2. The molecule has 2 atom stereocenters. The molecule has 4 fully saturated rings. The maximum Gasteiger partial charge on any atom is 0.290 e. The van der Waals surface area contributed by atoms with Crippen LogP contribution >= 0.6 is 0 Å². The standard InChI is InChI=1S/2C19H25F2N3O2/c2*1-3-12-8-13-14(9-22-17(13)25)23-16(12)24-7-4-15(19(20,21)10-24)26-11-18(2)5-6-18/h2*8,15H,3-7,9-11H2,1-2H3,(H,22,25)/t2*15-/m10/s1. The SMILES string of the molecule is CCc1cc2c(nc1N1CC[C@@H](OCC3(C)CC3)C(F)(F)C1)CNC2=O.CCc1cc2c(nc1N1CC[C@H](OCC3(C)CC3)C(F)(F)C1)CNC2=O. The van der Waals surface area contributed by atoms with Crippen LogP contribution in [0.2, 0.25) is 0 Å². The van der Waals surface area contributed by atoms with Gasteiger partial charge in [-0.3, -0.25) is 9.59 Å². The number of hydrogen-bond acceptors (Lipinski definition) is 8. The summed E-state index contributed by atoms with van der Waals surface area (Å²) >= 11 is 0. The number of rotatable bonds is 10. The second kappa shape index (κ2) is 13.7. The Labute approximate surface area is 302 Å². The van der Waals surface area contributed by atoms with E-state index in [4.69, 9.17) is 9.47 Å². The van der Waals surface area contributed by atoms with E-state index in [-0.39, 0.29) is 35.5 Å². The van der Waals surface area contributed by atoms with Crippen molar-refractivity contribution >= 4 is 23.5 Å². The van der Waals surface area contributed by atoms with Crippen LogP contribution in [0, 0.1) is 10.8 Å². The number of aryl methyl sites for hydroxylation is 2. The van der Waals surface area contributed by atoms with Crippen molar-refractivity contribution in [1.82, 2.24) is 20.6 Å². The first-order valence-corrected chi connectivity index (χ1v) is 18.7. The minimum absolute atomic E-state index is 0.101. The molecular weight excluding hydrogens is 680 g/mol. The molecule has 284 valence electrons. The van der Waals surface area contributed by atoms with Crippen molar-refractivity contribution < 1.29 is 36.6 Å². The third-order valence-corrected chi connectivity index (χ3v) is 11.5. The first kappa shape index (κ1) is 36.8. The lowest BCUT2D eigenvalue weighted by Crippen LogP contribution is -2.53. The molecule has 8 rings (SSSR count). The van der Waals surface area contributed by atoms with Gasteiger partial charge >= 0.3 is 0 Å². The van der Waals surface area contributed by atoms with Gasteiger partial charge in [-0.05, 0) is 85.5 Å². The van der Waals surface area contributed by atoms with Gasteiger partial charge in [0, 0.05) is 13.1 Å². The Hall–Kier alpha value is -3.52. The lowest BCUT2D eigenvalue weighted by atomic mass is 10.0. The molecule has 2 aromatic heterocycles. The lowest BCUT2D eigenvalue weighted by Gasteiger charge is -2.39. The average Bonchev–Trinajstić information content (AvgIpc) is 3.96. The Morgan fingerprint density at radius 3 is 1.42 bits per heavy atom. The van der Waals surface area contributed by atoms with Gasteiger partial charge in [0.1, 0.15) is 23.8 Å². The van der Waals surface area contributed by atoms with Gasteiger partial charge < -0.3 is 29.9 Å². The number of amides is 2. The van der Waals surface area contributed by atoms with Crippen LogP contribution in [0.5, 0.6) is 0 Å². The fraction of sp³-hybridized carbons (Fsp3) is 0.684. The van der Waals surface area contributed by atoms with Crippen molar-refractivity contribution in [3.8, 4) is 0 Å². The van der Waals surface area contributed by atoms with E-state index in [2.05, 4.69) is 34.4 Å². The van der Waals surface area contributed by atoms with E-state index in [0.717, 1.165) is 36.8 Å². The highest BCUT2D eigenvalue weighted by Gasteiger charge is 2.50. The Morgan fingerprint density at radius 1 is 0.712 bits per heavy atom. The predicted molar refractivity (Wildman–Crippen MR) is 187 cm³/mol. The van der Waals surface area contributed by atoms with Crippen LogP contribution in [0.3, 0.4) is 0 Å². The molecule has 2 aliphatic carbocycles. The number of nitrogens with zero attached hydrogens (tertiary/aromatic N) is 4. The summed E-state index contributed by atoms with van der Waals surface area (Å²) in [6.45, 7) is 9.79. The van der Waals surface area contributed by atoms with Gasteiger partial charge in [-0.1, -0.05) is 27.7 Å². The highest BCUT2D eigenvalue weighted by atomic mass is 19.3. The summed E-state index contributed by atoms with van der Waals surface area (Å²) in [4.78, 5) is 36.1. The minimum Gasteiger partial charge on any atom is -0.371 e. The number of nitrogens with one attached hydrogen (secondary N) is 2. The molecule has 2 N–H and O–H groups in total. The zero-order valence-corrected chi connectivity index (χ0v) is 30.6. The van der Waals surface area contributed by atoms with Crippen LogP contribution in [0.1, 0.15) is 109 Å². The van der Waals surface area contributed by atoms with E-state index in [9.17, 15) is 27.2 Å². The molecule has 6 heterocycles. The molecule has 6 aliphatic rings. The lowest BCUT2D eigenvalue weighted by molar-refractivity contribution is -0.149. The third kappa shape index (κ3) is 7.60. The van der Waals surface area contributed by atoms with Crippen molar-refractivity contribution in [2.24, 2.45) is 10.8 Å². The molecule has 52 heavy (non-hydrogen) atoms. The number of piperidine rings is 2. The number of ether oxygens (including phenoxy) is 2. The second-order valence-electron chi connectivity index (χ2n) is 16.2. The van der Waals surface area contributed by atoms with E-state index < -0.39 is 37.1 Å². The number of pyridine rings is 2.